The predicted molar refractivity (Wildman–Crippen MR) is 161 cm³/mol. The molecule has 7 heteroatoms. The highest BCUT2D eigenvalue weighted by Crippen LogP contribution is 2.26. The van der Waals surface area contributed by atoms with Crippen LogP contribution in [0.1, 0.15) is 74.0 Å². The third-order valence-corrected chi connectivity index (χ3v) is 8.19. The average molecular weight is 564 g/mol. The van der Waals surface area contributed by atoms with E-state index in [1.165, 1.54) is 6.42 Å². The van der Waals surface area contributed by atoms with Gasteiger partial charge in [0, 0.05) is 41.6 Å². The fraction of sp³-hybridized carbons (Fsp3) is 0.455. The number of hydrogen-bond acceptors (Lipinski definition) is 3. The Morgan fingerprint density at radius 3 is 2.40 bits per heavy atom. The fourth-order valence-corrected chi connectivity index (χ4v) is 5.58. The van der Waals surface area contributed by atoms with Crippen molar-refractivity contribution in [2.75, 3.05) is 20.2 Å². The lowest BCUT2D eigenvalue weighted by Gasteiger charge is -2.36. The van der Waals surface area contributed by atoms with Gasteiger partial charge in [0.05, 0.1) is 13.7 Å². The van der Waals surface area contributed by atoms with Crippen LogP contribution in [0, 0.1) is 5.92 Å². The zero-order valence-corrected chi connectivity index (χ0v) is 24.8. The summed E-state index contributed by atoms with van der Waals surface area (Å²) in [6.07, 6.45) is 8.32. The minimum atomic E-state index is -0.123. The molecule has 0 radical (unpaired) electrons. The molecular formula is C33H42ClN3O3. The van der Waals surface area contributed by atoms with Crippen molar-refractivity contribution < 1.29 is 14.3 Å². The van der Waals surface area contributed by atoms with E-state index in [2.05, 4.69) is 24.5 Å². The van der Waals surface area contributed by atoms with Crippen LogP contribution in [0.25, 0.3) is 0 Å². The van der Waals surface area contributed by atoms with Gasteiger partial charge >= 0.3 is 0 Å². The molecule has 4 rings (SSSR count). The second-order valence-electron chi connectivity index (χ2n) is 11.2. The van der Waals surface area contributed by atoms with Gasteiger partial charge in [0.15, 0.2) is 0 Å². The highest BCUT2D eigenvalue weighted by Gasteiger charge is 2.29. The quantitative estimate of drug-likeness (QED) is 0.237. The number of nitrogens with zero attached hydrogens (tertiary/aromatic N) is 3. The summed E-state index contributed by atoms with van der Waals surface area (Å²) in [7, 11) is 1.61. The molecule has 0 saturated heterocycles. The number of halogens is 1. The molecule has 2 aromatic carbocycles. The van der Waals surface area contributed by atoms with Gasteiger partial charge in [-0.25, -0.2) is 0 Å². The maximum atomic E-state index is 14.1. The largest absolute Gasteiger partial charge is 0.497 e. The second kappa shape index (κ2) is 14.4. The third-order valence-electron chi connectivity index (χ3n) is 7.82. The van der Waals surface area contributed by atoms with Crippen LogP contribution in [-0.4, -0.2) is 52.4 Å². The molecule has 1 heterocycles. The van der Waals surface area contributed by atoms with Crippen LogP contribution in [0.3, 0.4) is 0 Å². The molecule has 0 N–H and O–H groups in total. The van der Waals surface area contributed by atoms with Crippen molar-refractivity contribution in [2.24, 2.45) is 5.92 Å². The molecule has 0 spiro atoms. The van der Waals surface area contributed by atoms with Crippen molar-refractivity contribution in [1.82, 2.24) is 14.4 Å². The summed E-state index contributed by atoms with van der Waals surface area (Å²) in [6.45, 7) is 6.04. The molecule has 0 bridgehead atoms. The normalized spacial score (nSPS) is 13.8. The highest BCUT2D eigenvalue weighted by atomic mass is 35.5. The first kappa shape index (κ1) is 29.7. The lowest BCUT2D eigenvalue weighted by molar-refractivity contribution is -0.135. The highest BCUT2D eigenvalue weighted by molar-refractivity contribution is 6.31. The van der Waals surface area contributed by atoms with Crippen LogP contribution in [-0.2, 0) is 17.9 Å². The second-order valence-corrected chi connectivity index (χ2v) is 11.6. The van der Waals surface area contributed by atoms with Crippen LogP contribution >= 0.6 is 11.6 Å². The fourth-order valence-electron chi connectivity index (χ4n) is 5.38. The number of benzene rings is 2. The van der Waals surface area contributed by atoms with E-state index >= 15 is 0 Å². The van der Waals surface area contributed by atoms with Gasteiger partial charge in [-0.05, 0) is 73.2 Å². The molecule has 0 unspecified atom stereocenters. The lowest BCUT2D eigenvalue weighted by atomic mass is 9.94. The van der Waals surface area contributed by atoms with Gasteiger partial charge in [-0.15, -0.1) is 0 Å². The first-order chi connectivity index (χ1) is 19.4. The first-order valence-electron chi connectivity index (χ1n) is 14.5. The van der Waals surface area contributed by atoms with Crippen LogP contribution in [0.4, 0.5) is 0 Å². The molecule has 1 saturated carbocycles. The van der Waals surface area contributed by atoms with Gasteiger partial charge in [-0.2, -0.15) is 0 Å². The minimum Gasteiger partial charge on any atom is -0.497 e. The van der Waals surface area contributed by atoms with E-state index in [0.29, 0.717) is 36.9 Å². The van der Waals surface area contributed by atoms with Gasteiger partial charge < -0.3 is 19.1 Å². The van der Waals surface area contributed by atoms with Crippen molar-refractivity contribution >= 4 is 23.4 Å². The molecule has 1 aromatic heterocycles. The number of ether oxygens (including phenoxy) is 1. The smallest absolute Gasteiger partial charge is 0.254 e. The van der Waals surface area contributed by atoms with E-state index in [-0.39, 0.29) is 24.4 Å². The molecule has 40 heavy (non-hydrogen) atoms. The Kier molecular flexibility index (Phi) is 10.7. The molecule has 6 nitrogen and oxygen atoms in total. The van der Waals surface area contributed by atoms with Gasteiger partial charge in [0.2, 0.25) is 5.91 Å². The van der Waals surface area contributed by atoms with Crippen LogP contribution < -0.4 is 4.74 Å². The molecule has 0 atom stereocenters. The van der Waals surface area contributed by atoms with Crippen LogP contribution in [0.2, 0.25) is 5.02 Å². The van der Waals surface area contributed by atoms with E-state index in [0.717, 1.165) is 48.4 Å². The summed E-state index contributed by atoms with van der Waals surface area (Å²) in [6, 6.07) is 19.3. The number of methoxy groups -OCH3 is 1. The van der Waals surface area contributed by atoms with E-state index in [1.807, 2.05) is 41.4 Å². The molecule has 1 fully saturated rings. The summed E-state index contributed by atoms with van der Waals surface area (Å²) < 4.78 is 7.43. The summed E-state index contributed by atoms with van der Waals surface area (Å²) in [5, 5.41) is 0.736. The SMILES string of the molecule is COc1ccc(C(=O)N(CCC(C)C)CC(=O)N(Cc2cccn2Cc2ccccc2Cl)C2CCCCC2)cc1. The van der Waals surface area contributed by atoms with Crippen molar-refractivity contribution in [3.8, 4) is 5.75 Å². The summed E-state index contributed by atoms with van der Waals surface area (Å²) in [4.78, 5) is 31.4. The Hall–Kier alpha value is -3.25. The number of aromatic nitrogens is 1. The zero-order valence-electron chi connectivity index (χ0n) is 24.0. The Morgan fingerprint density at radius 2 is 1.73 bits per heavy atom. The monoisotopic (exact) mass is 563 g/mol. The zero-order chi connectivity index (χ0) is 28.5. The van der Waals surface area contributed by atoms with E-state index in [4.69, 9.17) is 16.3 Å². The molecule has 3 aromatic rings. The average Bonchev–Trinajstić information content (AvgIpc) is 3.41. The van der Waals surface area contributed by atoms with Crippen molar-refractivity contribution in [2.45, 2.75) is 71.5 Å². The minimum absolute atomic E-state index is 0.00279. The predicted octanol–water partition coefficient (Wildman–Crippen LogP) is 7.05. The van der Waals surface area contributed by atoms with Gasteiger partial charge in [0.1, 0.15) is 12.3 Å². The van der Waals surface area contributed by atoms with E-state index < -0.39 is 0 Å². The number of carbonyl (C=O) groups is 2. The van der Waals surface area contributed by atoms with Crippen LogP contribution in [0.15, 0.2) is 66.9 Å². The number of rotatable bonds is 12. The number of carbonyl (C=O) groups excluding carboxylic acids is 2. The van der Waals surface area contributed by atoms with Gasteiger partial charge in [0.25, 0.3) is 5.91 Å². The Bertz CT molecular complexity index is 1250. The Labute approximate surface area is 243 Å². The molecule has 1 aliphatic rings. The topological polar surface area (TPSA) is 54.8 Å². The van der Waals surface area contributed by atoms with Crippen molar-refractivity contribution in [3.05, 3.63) is 88.7 Å². The van der Waals surface area contributed by atoms with Crippen LogP contribution in [0.5, 0.6) is 5.75 Å². The van der Waals surface area contributed by atoms with E-state index in [1.54, 1.807) is 36.3 Å². The summed E-state index contributed by atoms with van der Waals surface area (Å²) in [5.41, 5.74) is 2.67. The third kappa shape index (κ3) is 7.91. The maximum Gasteiger partial charge on any atom is 0.254 e. The van der Waals surface area contributed by atoms with Gasteiger partial charge in [-0.1, -0.05) is 62.9 Å². The molecular weight excluding hydrogens is 522 g/mol. The molecule has 214 valence electrons. The van der Waals surface area contributed by atoms with E-state index in [9.17, 15) is 9.59 Å². The van der Waals surface area contributed by atoms with Crippen molar-refractivity contribution in [3.63, 3.8) is 0 Å². The number of hydrogen-bond donors (Lipinski definition) is 0. The Balaban J connectivity index is 1.56. The molecule has 1 aliphatic carbocycles. The Morgan fingerprint density at radius 1 is 1.00 bits per heavy atom. The molecule has 2 amide bonds. The lowest BCUT2D eigenvalue weighted by Crippen LogP contribution is -2.48. The standard InChI is InChI=1S/C33H42ClN3O3/c1-25(2)19-21-36(33(39)26-15-17-30(40-3)18-16-26)24-32(38)37(28-11-5-4-6-12-28)23-29-13-9-20-35(29)22-27-10-7-8-14-31(27)34/h7-10,13-18,20,25,28H,4-6,11-12,19,21-24H2,1-3H3. The maximum absolute atomic E-state index is 14.1. The number of amides is 2. The summed E-state index contributed by atoms with van der Waals surface area (Å²) >= 11 is 6.46. The van der Waals surface area contributed by atoms with Crippen molar-refractivity contribution in [1.29, 1.82) is 0 Å². The first-order valence-corrected chi connectivity index (χ1v) is 14.8. The molecule has 0 aliphatic heterocycles. The summed E-state index contributed by atoms with van der Waals surface area (Å²) in [5.74, 6) is 0.999. The van der Waals surface area contributed by atoms with Gasteiger partial charge in [-0.3, -0.25) is 9.59 Å².